The molecule has 2 heterocycles. The minimum Gasteiger partial charge on any atom is -0.390 e. The lowest BCUT2D eigenvalue weighted by atomic mass is 9.42. The lowest BCUT2D eigenvalue weighted by Gasteiger charge is -2.63. The Balaban J connectivity index is 1.22. The molecule has 0 aliphatic heterocycles. The van der Waals surface area contributed by atoms with Gasteiger partial charge in [0.2, 0.25) is 0 Å². The van der Waals surface area contributed by atoms with Crippen molar-refractivity contribution in [1.82, 2.24) is 14.8 Å². The van der Waals surface area contributed by atoms with Crippen LogP contribution in [0.15, 0.2) is 24.7 Å². The Morgan fingerprint density at radius 2 is 1.97 bits per heavy atom. The second kappa shape index (κ2) is 7.88. The molecule has 4 saturated carbocycles. The number of aliphatic hydroxyl groups is 1. The fourth-order valence-electron chi connectivity index (χ4n) is 9.74. The van der Waals surface area contributed by atoms with Crippen LogP contribution in [0, 0.1) is 40.4 Å². The first-order valence-corrected chi connectivity index (χ1v) is 13.8. The summed E-state index contributed by atoms with van der Waals surface area (Å²) in [5.41, 5.74) is 0.934. The van der Waals surface area contributed by atoms with E-state index >= 15 is 0 Å². The summed E-state index contributed by atoms with van der Waals surface area (Å²) in [6, 6.07) is 1.96. The zero-order valence-corrected chi connectivity index (χ0v) is 21.2. The van der Waals surface area contributed by atoms with Gasteiger partial charge in [0.05, 0.1) is 18.3 Å². The molecule has 0 bridgehead atoms. The van der Waals surface area contributed by atoms with Crippen LogP contribution in [-0.2, 0) is 11.3 Å². The number of Topliss-reactive ketones (excluding diaryl/α,β-unsaturated/α-hetero) is 1. The molecule has 184 valence electrons. The fourth-order valence-corrected chi connectivity index (χ4v) is 9.74. The molecule has 4 aliphatic rings. The van der Waals surface area contributed by atoms with Gasteiger partial charge in [-0.1, -0.05) is 13.8 Å². The van der Waals surface area contributed by atoms with Gasteiger partial charge in [-0.3, -0.25) is 14.5 Å². The van der Waals surface area contributed by atoms with Crippen molar-refractivity contribution in [3.8, 4) is 0 Å². The SMILES string of the molecule is CC[C@]12CC[C@@](C)(O)C[C@@H]1CC[C@H]1[C@@H]3CC[C@H](C(=O)Cn4cc5ccncc5n4)[C@@]3(C)CC[C@@H]12. The smallest absolute Gasteiger partial charge is 0.157 e. The normalized spacial score (nSPS) is 43.8. The third kappa shape index (κ3) is 3.32. The molecule has 0 aromatic carbocycles. The van der Waals surface area contributed by atoms with Crippen LogP contribution in [-0.4, -0.2) is 31.3 Å². The summed E-state index contributed by atoms with van der Waals surface area (Å²) >= 11 is 0. The molecule has 6 rings (SSSR count). The molecule has 1 N–H and O–H groups in total. The van der Waals surface area contributed by atoms with Crippen LogP contribution >= 0.6 is 0 Å². The number of aromatic nitrogens is 3. The van der Waals surface area contributed by atoms with Crippen molar-refractivity contribution in [2.75, 3.05) is 0 Å². The van der Waals surface area contributed by atoms with Gasteiger partial charge in [-0.25, -0.2) is 0 Å². The standard InChI is InChI=1S/C29H41N3O2/c1-4-29-13-12-27(2,34)15-20(29)5-6-21-22-7-8-24(28(22,3)11-9-23(21)29)26(33)18-32-17-19-10-14-30-16-25(19)31-32/h10,14,16-17,20-24,34H,4-9,11-13,15,18H2,1-3H3/t20-,21-,22-,23-,24+,27+,28-,29-/m0/s1. The molecule has 5 heteroatoms. The van der Waals surface area contributed by atoms with E-state index in [9.17, 15) is 9.90 Å². The topological polar surface area (TPSA) is 68.0 Å². The number of carbonyl (C=O) groups excluding carboxylic acids is 1. The molecule has 0 spiro atoms. The van der Waals surface area contributed by atoms with Gasteiger partial charge < -0.3 is 5.11 Å². The van der Waals surface area contributed by atoms with E-state index in [1.807, 2.05) is 16.9 Å². The zero-order valence-electron chi connectivity index (χ0n) is 21.2. The van der Waals surface area contributed by atoms with Crippen LogP contribution in [0.2, 0.25) is 0 Å². The third-order valence-corrected chi connectivity index (χ3v) is 11.4. The largest absolute Gasteiger partial charge is 0.390 e. The fraction of sp³-hybridized carbons (Fsp3) is 0.759. The summed E-state index contributed by atoms with van der Waals surface area (Å²) in [6.07, 6.45) is 17.2. The highest BCUT2D eigenvalue weighted by atomic mass is 16.3. The van der Waals surface area contributed by atoms with E-state index in [0.717, 1.165) is 42.0 Å². The Labute approximate surface area is 203 Å². The maximum Gasteiger partial charge on any atom is 0.157 e. The first kappa shape index (κ1) is 22.7. The first-order chi connectivity index (χ1) is 16.3. The van der Waals surface area contributed by atoms with Crippen molar-refractivity contribution in [3.05, 3.63) is 24.7 Å². The molecule has 0 radical (unpaired) electrons. The second-order valence-electron chi connectivity index (χ2n) is 12.8. The molecule has 0 saturated heterocycles. The van der Waals surface area contributed by atoms with Gasteiger partial charge >= 0.3 is 0 Å². The van der Waals surface area contributed by atoms with Crippen LogP contribution < -0.4 is 0 Å². The summed E-state index contributed by atoms with van der Waals surface area (Å²) in [5, 5.41) is 16.5. The Kier molecular flexibility index (Phi) is 5.26. The maximum atomic E-state index is 13.6. The molecule has 0 unspecified atom stereocenters. The van der Waals surface area contributed by atoms with Gasteiger partial charge in [0.1, 0.15) is 5.52 Å². The van der Waals surface area contributed by atoms with E-state index < -0.39 is 5.60 Å². The Morgan fingerprint density at radius 1 is 1.12 bits per heavy atom. The summed E-state index contributed by atoms with van der Waals surface area (Å²) in [4.78, 5) is 17.8. The van der Waals surface area contributed by atoms with Gasteiger partial charge in [0.15, 0.2) is 5.78 Å². The van der Waals surface area contributed by atoms with Crippen molar-refractivity contribution < 1.29 is 9.90 Å². The minimum absolute atomic E-state index is 0.133. The van der Waals surface area contributed by atoms with Gasteiger partial charge in [0.25, 0.3) is 0 Å². The highest BCUT2D eigenvalue weighted by Crippen LogP contribution is 2.69. The van der Waals surface area contributed by atoms with E-state index in [-0.39, 0.29) is 11.3 Å². The molecule has 34 heavy (non-hydrogen) atoms. The quantitative estimate of drug-likeness (QED) is 0.622. The number of carbonyl (C=O) groups is 1. The van der Waals surface area contributed by atoms with E-state index in [2.05, 4.69) is 30.9 Å². The van der Waals surface area contributed by atoms with E-state index in [1.54, 1.807) is 12.4 Å². The number of nitrogens with zero attached hydrogens (tertiary/aromatic N) is 3. The first-order valence-electron chi connectivity index (χ1n) is 13.8. The van der Waals surface area contributed by atoms with Gasteiger partial charge in [0, 0.05) is 23.7 Å². The monoisotopic (exact) mass is 463 g/mol. The molecule has 2 aromatic rings. The van der Waals surface area contributed by atoms with Crippen LogP contribution in [0.1, 0.15) is 85.0 Å². The summed E-state index contributed by atoms with van der Waals surface area (Å²) in [5.74, 6) is 3.42. The average molecular weight is 464 g/mol. The van der Waals surface area contributed by atoms with Crippen LogP contribution in [0.25, 0.3) is 10.9 Å². The summed E-state index contributed by atoms with van der Waals surface area (Å²) in [7, 11) is 0. The molecule has 0 amide bonds. The van der Waals surface area contributed by atoms with E-state index in [4.69, 9.17) is 0 Å². The molecule has 8 atom stereocenters. The van der Waals surface area contributed by atoms with Crippen LogP contribution in [0.4, 0.5) is 0 Å². The number of pyridine rings is 1. The number of hydrogen-bond acceptors (Lipinski definition) is 4. The number of hydrogen-bond donors (Lipinski definition) is 1. The highest BCUT2D eigenvalue weighted by Gasteiger charge is 2.62. The Hall–Kier alpha value is -1.75. The Morgan fingerprint density at radius 3 is 2.76 bits per heavy atom. The lowest BCUT2D eigenvalue weighted by molar-refractivity contribution is -0.158. The molecular formula is C29H41N3O2. The van der Waals surface area contributed by atoms with Crippen LogP contribution in [0.3, 0.4) is 0 Å². The number of rotatable bonds is 4. The lowest BCUT2D eigenvalue weighted by Crippen LogP contribution is -2.56. The van der Waals surface area contributed by atoms with E-state index in [1.165, 1.54) is 44.9 Å². The van der Waals surface area contributed by atoms with Gasteiger partial charge in [-0.2, -0.15) is 5.10 Å². The maximum absolute atomic E-state index is 13.6. The summed E-state index contributed by atoms with van der Waals surface area (Å²) in [6.45, 7) is 7.30. The third-order valence-electron chi connectivity index (χ3n) is 11.4. The summed E-state index contributed by atoms with van der Waals surface area (Å²) < 4.78 is 1.84. The average Bonchev–Trinajstić information content (AvgIpc) is 3.38. The van der Waals surface area contributed by atoms with E-state index in [0.29, 0.717) is 29.6 Å². The van der Waals surface area contributed by atoms with Gasteiger partial charge in [-0.05, 0) is 112 Å². The molecule has 2 aromatic heterocycles. The second-order valence-corrected chi connectivity index (χ2v) is 12.8. The Bertz CT molecular complexity index is 1060. The van der Waals surface area contributed by atoms with Crippen molar-refractivity contribution in [2.45, 2.75) is 97.1 Å². The predicted octanol–water partition coefficient (Wildman–Crippen LogP) is 5.80. The van der Waals surface area contributed by atoms with Crippen molar-refractivity contribution in [2.24, 2.45) is 40.4 Å². The number of fused-ring (bicyclic) bond motifs is 6. The van der Waals surface area contributed by atoms with Crippen LogP contribution in [0.5, 0.6) is 0 Å². The van der Waals surface area contributed by atoms with Gasteiger partial charge in [-0.15, -0.1) is 0 Å². The molecular weight excluding hydrogens is 422 g/mol. The molecule has 4 fully saturated rings. The van der Waals surface area contributed by atoms with Crippen molar-refractivity contribution in [1.29, 1.82) is 0 Å². The molecule has 4 aliphatic carbocycles. The minimum atomic E-state index is -0.475. The van der Waals surface area contributed by atoms with Crippen molar-refractivity contribution >= 4 is 16.7 Å². The zero-order chi connectivity index (χ0) is 23.7. The molecule has 5 nitrogen and oxygen atoms in total. The van der Waals surface area contributed by atoms with Crippen molar-refractivity contribution in [3.63, 3.8) is 0 Å². The predicted molar refractivity (Wildman–Crippen MR) is 133 cm³/mol. The number of ketones is 1. The highest BCUT2D eigenvalue weighted by molar-refractivity contribution is 5.83.